The van der Waals surface area contributed by atoms with Crippen molar-refractivity contribution >= 4 is 34.8 Å². The molecule has 112 valence electrons. The standard InChI is InChI=1S/C13H15FN4O2S/c1-2-7-15-13(21)18-17-12(20)8-11(19)16-10-5-3-9(14)4-6-10/h2-6H,1,7-8H2,(H,16,19)(H,17,20)(H2,15,18,21). The summed E-state index contributed by atoms with van der Waals surface area (Å²) in [4.78, 5) is 23.0. The Balaban J connectivity index is 2.30. The van der Waals surface area contributed by atoms with Gasteiger partial charge in [0.1, 0.15) is 12.2 Å². The summed E-state index contributed by atoms with van der Waals surface area (Å²) < 4.78 is 12.7. The van der Waals surface area contributed by atoms with Gasteiger partial charge in [-0.2, -0.15) is 0 Å². The molecule has 0 unspecified atom stereocenters. The van der Waals surface area contributed by atoms with Gasteiger partial charge in [-0.05, 0) is 36.5 Å². The molecule has 4 N–H and O–H groups in total. The third-order valence-electron chi connectivity index (χ3n) is 2.17. The molecule has 1 aromatic carbocycles. The maximum Gasteiger partial charge on any atom is 0.247 e. The first kappa shape index (κ1) is 16.6. The van der Waals surface area contributed by atoms with Gasteiger partial charge in [-0.15, -0.1) is 6.58 Å². The molecule has 0 aliphatic heterocycles. The van der Waals surface area contributed by atoms with Gasteiger partial charge in [0.2, 0.25) is 11.8 Å². The SMILES string of the molecule is C=CCNC(=S)NNC(=O)CC(=O)Nc1ccc(F)cc1. The summed E-state index contributed by atoms with van der Waals surface area (Å²) in [6, 6.07) is 5.22. The van der Waals surface area contributed by atoms with E-state index in [1.54, 1.807) is 6.08 Å². The Bertz CT molecular complexity index is 533. The molecule has 0 heterocycles. The molecule has 0 spiro atoms. The van der Waals surface area contributed by atoms with Crippen LogP contribution in [-0.4, -0.2) is 23.5 Å². The molecular weight excluding hydrogens is 295 g/mol. The molecule has 0 aliphatic rings. The average Bonchev–Trinajstić information content (AvgIpc) is 2.45. The minimum absolute atomic E-state index is 0.210. The lowest BCUT2D eigenvalue weighted by molar-refractivity contribution is -0.127. The van der Waals surface area contributed by atoms with Crippen LogP contribution in [0.4, 0.5) is 10.1 Å². The number of hydrogen-bond donors (Lipinski definition) is 4. The van der Waals surface area contributed by atoms with E-state index in [0.717, 1.165) is 0 Å². The lowest BCUT2D eigenvalue weighted by Gasteiger charge is -2.10. The third-order valence-corrected chi connectivity index (χ3v) is 2.42. The number of halogens is 1. The zero-order valence-corrected chi connectivity index (χ0v) is 11.9. The van der Waals surface area contributed by atoms with Gasteiger partial charge in [0.25, 0.3) is 0 Å². The molecule has 8 heteroatoms. The fraction of sp³-hybridized carbons (Fsp3) is 0.154. The molecule has 0 aromatic heterocycles. The van der Waals surface area contributed by atoms with E-state index < -0.39 is 24.1 Å². The largest absolute Gasteiger partial charge is 0.358 e. The number of rotatable bonds is 5. The fourth-order valence-electron chi connectivity index (χ4n) is 1.26. The molecule has 1 aromatic rings. The lowest BCUT2D eigenvalue weighted by atomic mass is 10.3. The third kappa shape index (κ3) is 7.02. The topological polar surface area (TPSA) is 82.3 Å². The number of hydrazine groups is 1. The van der Waals surface area contributed by atoms with E-state index in [2.05, 4.69) is 28.1 Å². The van der Waals surface area contributed by atoms with Crippen molar-refractivity contribution in [2.24, 2.45) is 0 Å². The molecule has 2 amide bonds. The van der Waals surface area contributed by atoms with Gasteiger partial charge in [0, 0.05) is 12.2 Å². The van der Waals surface area contributed by atoms with E-state index in [0.29, 0.717) is 12.2 Å². The van der Waals surface area contributed by atoms with Crippen LogP contribution in [0.5, 0.6) is 0 Å². The molecule has 0 saturated heterocycles. The van der Waals surface area contributed by atoms with E-state index >= 15 is 0 Å². The molecule has 1 rings (SSSR count). The van der Waals surface area contributed by atoms with E-state index in [4.69, 9.17) is 12.2 Å². The molecule has 21 heavy (non-hydrogen) atoms. The summed E-state index contributed by atoms with van der Waals surface area (Å²) in [6.45, 7) is 3.95. The molecule has 0 aliphatic carbocycles. The number of anilines is 1. The first-order valence-corrected chi connectivity index (χ1v) is 6.41. The maximum atomic E-state index is 12.7. The van der Waals surface area contributed by atoms with Crippen molar-refractivity contribution in [1.29, 1.82) is 0 Å². The highest BCUT2D eigenvalue weighted by atomic mass is 32.1. The monoisotopic (exact) mass is 310 g/mol. The summed E-state index contributed by atoms with van der Waals surface area (Å²) in [5, 5.41) is 5.41. The van der Waals surface area contributed by atoms with Crippen LogP contribution in [0.3, 0.4) is 0 Å². The summed E-state index contributed by atoms with van der Waals surface area (Å²) >= 11 is 4.85. The highest BCUT2D eigenvalue weighted by Crippen LogP contribution is 2.08. The first-order valence-electron chi connectivity index (χ1n) is 6.00. The molecular formula is C13H15FN4O2S. The van der Waals surface area contributed by atoms with Crippen molar-refractivity contribution in [2.45, 2.75) is 6.42 Å². The molecule has 0 saturated carbocycles. The van der Waals surface area contributed by atoms with Gasteiger partial charge < -0.3 is 10.6 Å². The Labute approximate surface area is 126 Å². The van der Waals surface area contributed by atoms with E-state index in [1.165, 1.54) is 24.3 Å². The molecule has 0 atom stereocenters. The van der Waals surface area contributed by atoms with Gasteiger partial charge in [-0.25, -0.2) is 4.39 Å². The van der Waals surface area contributed by atoms with Crippen molar-refractivity contribution in [3.63, 3.8) is 0 Å². The maximum absolute atomic E-state index is 12.7. The van der Waals surface area contributed by atoms with Crippen molar-refractivity contribution < 1.29 is 14.0 Å². The van der Waals surface area contributed by atoms with Crippen molar-refractivity contribution in [3.8, 4) is 0 Å². The number of benzene rings is 1. The van der Waals surface area contributed by atoms with Crippen LogP contribution in [-0.2, 0) is 9.59 Å². The van der Waals surface area contributed by atoms with E-state index in [9.17, 15) is 14.0 Å². The van der Waals surface area contributed by atoms with E-state index in [1.807, 2.05) is 0 Å². The normalized spacial score (nSPS) is 9.38. The number of thiocarbonyl (C=S) groups is 1. The van der Waals surface area contributed by atoms with Crippen LogP contribution in [0.1, 0.15) is 6.42 Å². The zero-order chi connectivity index (χ0) is 15.7. The fourth-order valence-corrected chi connectivity index (χ4v) is 1.40. The van der Waals surface area contributed by atoms with Crippen LogP contribution in [0.15, 0.2) is 36.9 Å². The van der Waals surface area contributed by atoms with Crippen LogP contribution in [0.25, 0.3) is 0 Å². The second-order valence-corrected chi connectivity index (χ2v) is 4.31. The Morgan fingerprint density at radius 1 is 1.19 bits per heavy atom. The number of hydrogen-bond acceptors (Lipinski definition) is 3. The highest BCUT2D eigenvalue weighted by Gasteiger charge is 2.09. The average molecular weight is 310 g/mol. The summed E-state index contributed by atoms with van der Waals surface area (Å²) in [7, 11) is 0. The number of amides is 2. The summed E-state index contributed by atoms with van der Waals surface area (Å²) in [5.41, 5.74) is 5.11. The molecule has 6 nitrogen and oxygen atoms in total. The summed E-state index contributed by atoms with van der Waals surface area (Å²) in [6.07, 6.45) is 1.21. The molecule has 0 radical (unpaired) electrons. The van der Waals surface area contributed by atoms with Crippen LogP contribution >= 0.6 is 12.2 Å². The van der Waals surface area contributed by atoms with Crippen LogP contribution in [0.2, 0.25) is 0 Å². The number of nitrogens with one attached hydrogen (secondary N) is 4. The van der Waals surface area contributed by atoms with Gasteiger partial charge in [-0.3, -0.25) is 20.4 Å². The number of carbonyl (C=O) groups excluding carboxylic acids is 2. The van der Waals surface area contributed by atoms with Gasteiger partial charge in [0.15, 0.2) is 5.11 Å². The minimum Gasteiger partial charge on any atom is -0.358 e. The van der Waals surface area contributed by atoms with Crippen molar-refractivity contribution in [3.05, 3.63) is 42.7 Å². The van der Waals surface area contributed by atoms with Gasteiger partial charge in [-0.1, -0.05) is 6.08 Å². The highest BCUT2D eigenvalue weighted by molar-refractivity contribution is 7.80. The second-order valence-electron chi connectivity index (χ2n) is 3.90. The summed E-state index contributed by atoms with van der Waals surface area (Å²) in [5.74, 6) is -1.49. The Morgan fingerprint density at radius 3 is 2.48 bits per heavy atom. The smallest absolute Gasteiger partial charge is 0.247 e. The van der Waals surface area contributed by atoms with E-state index in [-0.39, 0.29) is 5.11 Å². The molecule has 0 fully saturated rings. The van der Waals surface area contributed by atoms with Gasteiger partial charge in [0.05, 0.1) is 0 Å². The Hall–Kier alpha value is -2.48. The van der Waals surface area contributed by atoms with Gasteiger partial charge >= 0.3 is 0 Å². The quantitative estimate of drug-likeness (QED) is 0.280. The zero-order valence-electron chi connectivity index (χ0n) is 11.1. The van der Waals surface area contributed by atoms with Crippen molar-refractivity contribution in [2.75, 3.05) is 11.9 Å². The minimum atomic E-state index is -0.558. The predicted octanol–water partition coefficient (Wildman–Crippen LogP) is 0.836. The van der Waals surface area contributed by atoms with Crippen LogP contribution < -0.4 is 21.5 Å². The number of carbonyl (C=O) groups is 2. The Morgan fingerprint density at radius 2 is 1.86 bits per heavy atom. The van der Waals surface area contributed by atoms with Crippen molar-refractivity contribution in [1.82, 2.24) is 16.2 Å². The predicted molar refractivity (Wildman–Crippen MR) is 81.7 cm³/mol. The first-order chi connectivity index (χ1) is 10.0. The Kier molecular flexibility index (Phi) is 6.82. The molecule has 0 bridgehead atoms. The van der Waals surface area contributed by atoms with Crippen LogP contribution in [0, 0.1) is 5.82 Å². The lowest BCUT2D eigenvalue weighted by Crippen LogP contribution is -2.47. The second kappa shape index (κ2) is 8.64.